The summed E-state index contributed by atoms with van der Waals surface area (Å²) in [5.74, 6) is -1.03. The minimum Gasteiger partial charge on any atom is -0.476 e. The Bertz CT molecular complexity index is 339. The molecule has 84 valence electrons. The van der Waals surface area contributed by atoms with Crippen molar-refractivity contribution in [1.82, 2.24) is 10.2 Å². The molecule has 0 aliphatic heterocycles. The zero-order valence-electron chi connectivity index (χ0n) is 9.20. The standard InChI is InChI=1S/C10H16N2O3/c1-10(2,3)6-15-5-7-4-8(9(13)14)12-11-7/h4H,5-6H2,1-3H3,(H,11,12)(H,13,14). The van der Waals surface area contributed by atoms with Crippen LogP contribution in [0.2, 0.25) is 0 Å². The zero-order valence-corrected chi connectivity index (χ0v) is 9.20. The summed E-state index contributed by atoms with van der Waals surface area (Å²) in [4.78, 5) is 10.5. The number of ether oxygens (including phenoxy) is 1. The number of rotatable bonds is 4. The fourth-order valence-electron chi connectivity index (χ4n) is 1.01. The van der Waals surface area contributed by atoms with Crippen molar-refractivity contribution >= 4 is 5.97 Å². The number of nitrogens with one attached hydrogen (secondary N) is 1. The molecule has 15 heavy (non-hydrogen) atoms. The Labute approximate surface area is 88.5 Å². The van der Waals surface area contributed by atoms with Crippen LogP contribution in [-0.2, 0) is 11.3 Å². The lowest BCUT2D eigenvalue weighted by atomic mass is 9.99. The Morgan fingerprint density at radius 1 is 1.60 bits per heavy atom. The van der Waals surface area contributed by atoms with E-state index in [-0.39, 0.29) is 11.1 Å². The van der Waals surface area contributed by atoms with E-state index in [1.54, 1.807) is 0 Å². The molecule has 0 unspecified atom stereocenters. The lowest BCUT2D eigenvalue weighted by Gasteiger charge is -2.17. The summed E-state index contributed by atoms with van der Waals surface area (Å²) in [6, 6.07) is 1.48. The van der Waals surface area contributed by atoms with Gasteiger partial charge in [-0.05, 0) is 11.5 Å². The zero-order chi connectivity index (χ0) is 11.5. The van der Waals surface area contributed by atoms with Crippen molar-refractivity contribution in [3.63, 3.8) is 0 Å². The molecule has 1 aromatic rings. The molecule has 0 spiro atoms. The van der Waals surface area contributed by atoms with E-state index in [0.29, 0.717) is 18.9 Å². The second kappa shape index (κ2) is 4.44. The van der Waals surface area contributed by atoms with E-state index in [0.717, 1.165) is 0 Å². The molecule has 0 saturated heterocycles. The number of aromatic carboxylic acids is 1. The SMILES string of the molecule is CC(C)(C)COCc1cc(C(=O)O)n[nH]1. The average Bonchev–Trinajstić information content (AvgIpc) is 2.50. The third-order valence-corrected chi connectivity index (χ3v) is 1.64. The summed E-state index contributed by atoms with van der Waals surface area (Å²) in [5, 5.41) is 14.9. The molecule has 5 nitrogen and oxygen atoms in total. The molecule has 2 N–H and O–H groups in total. The van der Waals surface area contributed by atoms with E-state index in [4.69, 9.17) is 9.84 Å². The Balaban J connectivity index is 2.41. The lowest BCUT2D eigenvalue weighted by Crippen LogP contribution is -2.14. The highest BCUT2D eigenvalue weighted by Crippen LogP contribution is 2.13. The maximum absolute atomic E-state index is 10.5. The summed E-state index contributed by atoms with van der Waals surface area (Å²) in [6.07, 6.45) is 0. The van der Waals surface area contributed by atoms with Crippen LogP contribution >= 0.6 is 0 Å². The molecule has 0 amide bonds. The number of aromatic nitrogens is 2. The molecule has 1 aromatic heterocycles. The van der Waals surface area contributed by atoms with Gasteiger partial charge in [0, 0.05) is 0 Å². The van der Waals surface area contributed by atoms with Crippen molar-refractivity contribution < 1.29 is 14.6 Å². The van der Waals surface area contributed by atoms with Crippen LogP contribution < -0.4 is 0 Å². The van der Waals surface area contributed by atoms with Crippen LogP contribution in [-0.4, -0.2) is 27.9 Å². The Kier molecular flexibility index (Phi) is 3.47. The van der Waals surface area contributed by atoms with Gasteiger partial charge in [-0.2, -0.15) is 5.10 Å². The topological polar surface area (TPSA) is 75.2 Å². The van der Waals surface area contributed by atoms with Gasteiger partial charge in [0.05, 0.1) is 18.9 Å². The Morgan fingerprint density at radius 3 is 2.73 bits per heavy atom. The number of carbonyl (C=O) groups is 1. The van der Waals surface area contributed by atoms with Gasteiger partial charge in [-0.1, -0.05) is 20.8 Å². The average molecular weight is 212 g/mol. The number of aromatic amines is 1. The van der Waals surface area contributed by atoms with Crippen LogP contribution in [0.4, 0.5) is 0 Å². The third kappa shape index (κ3) is 4.12. The first-order valence-corrected chi connectivity index (χ1v) is 4.74. The highest BCUT2D eigenvalue weighted by Gasteiger charge is 2.11. The molecule has 1 rings (SSSR count). The van der Waals surface area contributed by atoms with E-state index in [1.165, 1.54) is 6.07 Å². The predicted molar refractivity (Wildman–Crippen MR) is 54.7 cm³/mol. The van der Waals surface area contributed by atoms with Crippen LogP contribution in [0.5, 0.6) is 0 Å². The predicted octanol–water partition coefficient (Wildman–Crippen LogP) is 1.67. The quantitative estimate of drug-likeness (QED) is 0.796. The second-order valence-corrected chi connectivity index (χ2v) is 4.64. The Morgan fingerprint density at radius 2 is 2.27 bits per heavy atom. The summed E-state index contributed by atoms with van der Waals surface area (Å²) in [7, 11) is 0. The van der Waals surface area contributed by atoms with E-state index < -0.39 is 5.97 Å². The molecule has 0 atom stereocenters. The molecule has 0 radical (unpaired) electrons. The molecule has 0 aromatic carbocycles. The first kappa shape index (κ1) is 11.7. The molecule has 0 aliphatic carbocycles. The molecule has 0 aliphatic rings. The van der Waals surface area contributed by atoms with Crippen molar-refractivity contribution in [2.75, 3.05) is 6.61 Å². The van der Waals surface area contributed by atoms with Gasteiger partial charge < -0.3 is 9.84 Å². The highest BCUT2D eigenvalue weighted by molar-refractivity contribution is 5.85. The summed E-state index contributed by atoms with van der Waals surface area (Å²) >= 11 is 0. The lowest BCUT2D eigenvalue weighted by molar-refractivity contribution is 0.0580. The van der Waals surface area contributed by atoms with Crippen LogP contribution in [0, 0.1) is 5.41 Å². The van der Waals surface area contributed by atoms with Crippen molar-refractivity contribution in [1.29, 1.82) is 0 Å². The van der Waals surface area contributed by atoms with E-state index >= 15 is 0 Å². The first-order chi connectivity index (χ1) is 6.88. The van der Waals surface area contributed by atoms with Gasteiger partial charge >= 0.3 is 5.97 Å². The molecule has 1 heterocycles. The molecule has 0 fully saturated rings. The maximum Gasteiger partial charge on any atom is 0.356 e. The minimum absolute atomic E-state index is 0.0179. The first-order valence-electron chi connectivity index (χ1n) is 4.74. The normalized spacial score (nSPS) is 11.7. The number of hydrogen-bond donors (Lipinski definition) is 2. The van der Waals surface area contributed by atoms with E-state index in [1.807, 2.05) is 0 Å². The van der Waals surface area contributed by atoms with Crippen LogP contribution in [0.15, 0.2) is 6.07 Å². The number of H-pyrrole nitrogens is 1. The number of carboxylic acid groups (broad SMARTS) is 1. The van der Waals surface area contributed by atoms with Gasteiger partial charge in [-0.3, -0.25) is 5.10 Å². The van der Waals surface area contributed by atoms with Gasteiger partial charge in [0.1, 0.15) is 0 Å². The maximum atomic E-state index is 10.5. The van der Waals surface area contributed by atoms with Gasteiger partial charge in [0.25, 0.3) is 0 Å². The van der Waals surface area contributed by atoms with Crippen LogP contribution in [0.25, 0.3) is 0 Å². The Hall–Kier alpha value is -1.36. The van der Waals surface area contributed by atoms with Gasteiger partial charge in [0.2, 0.25) is 0 Å². The molecule has 0 saturated carbocycles. The summed E-state index contributed by atoms with van der Waals surface area (Å²) in [6.45, 7) is 7.19. The van der Waals surface area contributed by atoms with Crippen molar-refractivity contribution in [3.05, 3.63) is 17.5 Å². The van der Waals surface area contributed by atoms with Crippen molar-refractivity contribution in [2.24, 2.45) is 5.41 Å². The van der Waals surface area contributed by atoms with Crippen molar-refractivity contribution in [3.8, 4) is 0 Å². The number of nitrogens with zero attached hydrogens (tertiary/aromatic N) is 1. The van der Waals surface area contributed by atoms with Crippen LogP contribution in [0.1, 0.15) is 37.0 Å². The largest absolute Gasteiger partial charge is 0.476 e. The summed E-state index contributed by atoms with van der Waals surface area (Å²) < 4.78 is 5.41. The fourth-order valence-corrected chi connectivity index (χ4v) is 1.01. The van der Waals surface area contributed by atoms with E-state index in [9.17, 15) is 4.79 Å². The van der Waals surface area contributed by atoms with Crippen molar-refractivity contribution in [2.45, 2.75) is 27.4 Å². The number of carboxylic acids is 1. The smallest absolute Gasteiger partial charge is 0.356 e. The second-order valence-electron chi connectivity index (χ2n) is 4.64. The van der Waals surface area contributed by atoms with E-state index in [2.05, 4.69) is 31.0 Å². The van der Waals surface area contributed by atoms with Gasteiger partial charge in [-0.15, -0.1) is 0 Å². The number of hydrogen-bond acceptors (Lipinski definition) is 3. The third-order valence-electron chi connectivity index (χ3n) is 1.64. The highest BCUT2D eigenvalue weighted by atomic mass is 16.5. The van der Waals surface area contributed by atoms with Crippen LogP contribution in [0.3, 0.4) is 0 Å². The molecule has 5 heteroatoms. The van der Waals surface area contributed by atoms with Gasteiger partial charge in [0.15, 0.2) is 5.69 Å². The monoisotopic (exact) mass is 212 g/mol. The minimum atomic E-state index is -1.03. The molecule has 0 bridgehead atoms. The summed E-state index contributed by atoms with van der Waals surface area (Å²) in [5.41, 5.74) is 0.802. The van der Waals surface area contributed by atoms with Gasteiger partial charge in [-0.25, -0.2) is 4.79 Å². The molecular weight excluding hydrogens is 196 g/mol. The fraction of sp³-hybridized carbons (Fsp3) is 0.600. The molecular formula is C10H16N2O3.